The number of hydrogen-bond acceptors (Lipinski definition) is 3. The predicted molar refractivity (Wildman–Crippen MR) is 199 cm³/mol. The minimum Gasteiger partial charge on any atom is -0.456 e. The third-order valence-electron chi connectivity index (χ3n) is 9.16. The molecule has 3 heteroatoms. The summed E-state index contributed by atoms with van der Waals surface area (Å²) in [5.41, 5.74) is -1.82. The van der Waals surface area contributed by atoms with Crippen LogP contribution >= 0.6 is 0 Å². The molecule has 7 aromatic carbocycles. The van der Waals surface area contributed by atoms with Gasteiger partial charge in [0, 0.05) is 35.7 Å². The Morgan fingerprint density at radius 2 is 1.23 bits per heavy atom. The summed E-state index contributed by atoms with van der Waals surface area (Å²) in [6.45, 7) is -7.14. The first-order chi connectivity index (χ1) is 29.0. The van der Waals surface area contributed by atoms with Gasteiger partial charge in [0.05, 0.1) is 31.7 Å². The third-order valence-corrected chi connectivity index (χ3v) is 9.16. The van der Waals surface area contributed by atoms with E-state index in [9.17, 15) is 4.11 Å². The SMILES string of the molecule is [2H]c1c([2H])c([2H])c2c(c1[2H])-c1c([2H])c([2H])c(N(c3cccc4oc5ccccc5c34)c3cccc4oc5c(-c6ccccc6)cccc5c34)c([2H])c1C2(C([2H])([2H])[2H])C([2H])([2H])[2H]. The zero-order valence-corrected chi connectivity index (χ0v) is 25.2. The number of furan rings is 2. The van der Waals surface area contributed by atoms with Crippen molar-refractivity contribution in [2.75, 3.05) is 4.90 Å². The van der Waals surface area contributed by atoms with Crippen molar-refractivity contribution >= 4 is 60.9 Å². The monoisotopic (exact) mass is 630 g/mol. The highest BCUT2D eigenvalue weighted by Gasteiger charge is 2.36. The van der Waals surface area contributed by atoms with E-state index in [0.717, 1.165) is 11.1 Å². The average molecular weight is 631 g/mol. The molecule has 2 heterocycles. The number of benzene rings is 7. The molecule has 0 atom stereocenters. The summed E-state index contributed by atoms with van der Waals surface area (Å²) in [6.07, 6.45) is 0. The van der Waals surface area contributed by atoms with Crippen LogP contribution in [0.5, 0.6) is 0 Å². The quantitative estimate of drug-likeness (QED) is 0.194. The first kappa shape index (κ1) is 17.2. The molecule has 0 aliphatic heterocycles. The van der Waals surface area contributed by atoms with Crippen LogP contribution in [0.1, 0.15) is 42.7 Å². The Morgan fingerprint density at radius 1 is 0.562 bits per heavy atom. The molecule has 0 N–H and O–H groups in total. The van der Waals surface area contributed by atoms with Crippen LogP contribution in [0, 0.1) is 0 Å². The molecule has 3 nitrogen and oxygen atoms in total. The molecule has 228 valence electrons. The van der Waals surface area contributed by atoms with Crippen LogP contribution in [0.4, 0.5) is 17.1 Å². The van der Waals surface area contributed by atoms with Crippen molar-refractivity contribution in [2.45, 2.75) is 19.1 Å². The van der Waals surface area contributed by atoms with Crippen molar-refractivity contribution in [3.05, 3.63) is 163 Å². The molecule has 0 amide bonds. The molecule has 9 aromatic rings. The lowest BCUT2D eigenvalue weighted by molar-refractivity contribution is 0.660. The van der Waals surface area contributed by atoms with E-state index >= 15 is 0 Å². The van der Waals surface area contributed by atoms with Crippen LogP contribution in [0.3, 0.4) is 0 Å². The molecule has 48 heavy (non-hydrogen) atoms. The Bertz CT molecular complexity index is 3320. The molecule has 10 rings (SSSR count). The third kappa shape index (κ3) is 3.76. The number of para-hydroxylation sites is 2. The normalized spacial score (nSPS) is 17.8. The van der Waals surface area contributed by atoms with Gasteiger partial charge in [-0.25, -0.2) is 0 Å². The molecule has 0 bridgehead atoms. The summed E-state index contributed by atoms with van der Waals surface area (Å²) in [5, 5.41) is 2.39. The lowest BCUT2D eigenvalue weighted by Crippen LogP contribution is -2.16. The van der Waals surface area contributed by atoms with Crippen molar-refractivity contribution in [2.24, 2.45) is 0 Å². The summed E-state index contributed by atoms with van der Waals surface area (Å²) in [7, 11) is 0. The Balaban J connectivity index is 1.41. The van der Waals surface area contributed by atoms with Gasteiger partial charge in [-0.1, -0.05) is 123 Å². The van der Waals surface area contributed by atoms with Gasteiger partial charge in [0.2, 0.25) is 0 Å². The van der Waals surface area contributed by atoms with Crippen LogP contribution in [-0.2, 0) is 5.41 Å². The highest BCUT2D eigenvalue weighted by atomic mass is 16.3. The second kappa shape index (κ2) is 9.97. The van der Waals surface area contributed by atoms with Crippen molar-refractivity contribution < 1.29 is 26.7 Å². The second-order valence-corrected chi connectivity index (χ2v) is 11.9. The molecule has 0 radical (unpaired) electrons. The smallest absolute Gasteiger partial charge is 0.143 e. The van der Waals surface area contributed by atoms with Gasteiger partial charge >= 0.3 is 0 Å². The van der Waals surface area contributed by atoms with Gasteiger partial charge < -0.3 is 13.7 Å². The zero-order chi connectivity index (χ0) is 43.1. The Morgan fingerprint density at radius 3 is 2.06 bits per heavy atom. The van der Waals surface area contributed by atoms with Crippen LogP contribution in [-0.4, -0.2) is 0 Å². The first-order valence-electron chi connectivity index (χ1n) is 22.0. The molecule has 1 aliphatic carbocycles. The molecular formula is C45H31NO2. The minimum atomic E-state index is -3.57. The lowest BCUT2D eigenvalue weighted by atomic mass is 9.82. The van der Waals surface area contributed by atoms with E-state index < -0.39 is 83.7 Å². The summed E-state index contributed by atoms with van der Waals surface area (Å²) in [4.78, 5) is 1.54. The van der Waals surface area contributed by atoms with E-state index in [4.69, 9.17) is 22.5 Å². The largest absolute Gasteiger partial charge is 0.456 e. The second-order valence-electron chi connectivity index (χ2n) is 11.9. The summed E-state index contributed by atoms with van der Waals surface area (Å²) >= 11 is 0. The molecule has 0 saturated heterocycles. The number of anilines is 3. The van der Waals surface area contributed by atoms with Crippen LogP contribution in [0.2, 0.25) is 0 Å². The van der Waals surface area contributed by atoms with Gasteiger partial charge in [-0.3, -0.25) is 0 Å². The van der Waals surface area contributed by atoms with Crippen LogP contribution in [0.15, 0.2) is 160 Å². The number of hydrogen-bond donors (Lipinski definition) is 0. The van der Waals surface area contributed by atoms with Crippen molar-refractivity contribution in [1.82, 2.24) is 0 Å². The van der Waals surface area contributed by atoms with E-state index in [-0.39, 0.29) is 5.69 Å². The fraction of sp³-hybridized carbons (Fsp3) is 0.0667. The van der Waals surface area contributed by atoms with E-state index in [2.05, 4.69) is 0 Å². The number of nitrogens with zero attached hydrogens (tertiary/aromatic N) is 1. The Kier molecular flexibility index (Phi) is 3.57. The van der Waals surface area contributed by atoms with Crippen molar-refractivity contribution in [3.8, 4) is 22.3 Å². The van der Waals surface area contributed by atoms with Gasteiger partial charge in [0.1, 0.15) is 22.3 Å². The van der Waals surface area contributed by atoms with E-state index in [1.54, 1.807) is 47.4 Å². The molecular weight excluding hydrogens is 587 g/mol. The summed E-state index contributed by atoms with van der Waals surface area (Å²) in [6, 6.07) is 27.6. The number of rotatable bonds is 4. The van der Waals surface area contributed by atoms with Crippen molar-refractivity contribution in [1.29, 1.82) is 0 Å². The van der Waals surface area contributed by atoms with Gasteiger partial charge in [-0.05, 0) is 70.2 Å². The van der Waals surface area contributed by atoms with Gasteiger partial charge in [-0.2, -0.15) is 0 Å². The molecule has 0 unspecified atom stereocenters. The van der Waals surface area contributed by atoms with Crippen LogP contribution < -0.4 is 4.90 Å². The average Bonchev–Trinajstić information content (AvgIpc) is 3.92. The maximum atomic E-state index is 10.1. The van der Waals surface area contributed by atoms with Crippen molar-refractivity contribution in [3.63, 3.8) is 0 Å². The van der Waals surface area contributed by atoms with E-state index in [0.29, 0.717) is 55.3 Å². The topological polar surface area (TPSA) is 29.5 Å². The standard InChI is InChI=1S/C45H31NO2/c1-45(2)35-19-8-6-15-31(35)32-26-25-29(27-36(32)45)46(37-20-11-23-40-42(37)33-16-7-9-22-39(33)47-40)38-21-12-24-41-43(38)34-18-10-17-30(44(34)48-41)28-13-4-3-5-14-28/h3-27H,1-2H3/i1D3,2D3,6D,8D,15D,19D,25D,26D,27D. The highest BCUT2D eigenvalue weighted by molar-refractivity contribution is 6.19. The van der Waals surface area contributed by atoms with Gasteiger partial charge in [0.25, 0.3) is 0 Å². The molecule has 0 fully saturated rings. The molecule has 0 spiro atoms. The fourth-order valence-corrected chi connectivity index (χ4v) is 7.06. The Hall–Kier alpha value is -6.06. The fourth-order valence-electron chi connectivity index (χ4n) is 7.06. The van der Waals surface area contributed by atoms with E-state index in [1.165, 1.54) is 0 Å². The minimum absolute atomic E-state index is 0.341. The van der Waals surface area contributed by atoms with Gasteiger partial charge in [-0.15, -0.1) is 0 Å². The predicted octanol–water partition coefficient (Wildman–Crippen LogP) is 12.9. The molecule has 0 saturated carbocycles. The Labute approximate surface area is 296 Å². The number of fused-ring (bicyclic) bond motifs is 9. The maximum Gasteiger partial charge on any atom is 0.143 e. The molecule has 1 aliphatic rings. The maximum absolute atomic E-state index is 10.1. The van der Waals surface area contributed by atoms with Gasteiger partial charge in [0.15, 0.2) is 0 Å². The first-order valence-corrected chi connectivity index (χ1v) is 15.5. The zero-order valence-electron chi connectivity index (χ0n) is 38.2. The lowest BCUT2D eigenvalue weighted by Gasteiger charge is -2.29. The van der Waals surface area contributed by atoms with E-state index in [1.807, 2.05) is 66.7 Å². The highest BCUT2D eigenvalue weighted by Crippen LogP contribution is 2.52. The van der Waals surface area contributed by atoms with Crippen LogP contribution in [0.25, 0.3) is 66.1 Å². The summed E-state index contributed by atoms with van der Waals surface area (Å²) in [5.74, 6) is 0. The summed E-state index contributed by atoms with van der Waals surface area (Å²) < 4.78 is 131. The molecule has 2 aromatic heterocycles.